The van der Waals surface area contributed by atoms with Crippen LogP contribution in [-0.2, 0) is 6.42 Å². The second-order valence-electron chi connectivity index (χ2n) is 7.96. The molecule has 0 aliphatic rings. The van der Waals surface area contributed by atoms with E-state index in [1.165, 1.54) is 0 Å². The number of anilines is 1. The molecule has 3 aromatic carbocycles. The van der Waals surface area contributed by atoms with Gasteiger partial charge in [-0.3, -0.25) is 10.1 Å². The fourth-order valence-electron chi connectivity index (χ4n) is 4.00. The molecule has 8 nitrogen and oxygen atoms in total. The Morgan fingerprint density at radius 3 is 2.66 bits per heavy atom. The van der Waals surface area contributed by atoms with Gasteiger partial charge in [-0.2, -0.15) is 5.10 Å². The molecule has 2 amide bonds. The predicted octanol–water partition coefficient (Wildman–Crippen LogP) is 4.48. The number of carbonyl (C=O) groups is 1. The molecule has 0 saturated heterocycles. The lowest BCUT2D eigenvalue weighted by atomic mass is 9.98. The van der Waals surface area contributed by atoms with Gasteiger partial charge in [-0.15, -0.1) is 0 Å². The molecule has 0 aliphatic carbocycles. The van der Waals surface area contributed by atoms with Crippen LogP contribution in [0.1, 0.15) is 18.2 Å². The summed E-state index contributed by atoms with van der Waals surface area (Å²) in [5, 5.41) is 12.9. The Hall–Kier alpha value is -4.60. The number of aromatic nitrogens is 4. The van der Waals surface area contributed by atoms with Gasteiger partial charge in [0.1, 0.15) is 0 Å². The smallest absolute Gasteiger partial charge is 0.321 e. The Kier molecular flexibility index (Phi) is 5.69. The van der Waals surface area contributed by atoms with Crippen molar-refractivity contribution in [2.24, 2.45) is 0 Å². The first-order chi connectivity index (χ1) is 16.9. The minimum atomic E-state index is -0.994. The van der Waals surface area contributed by atoms with Gasteiger partial charge in [0.15, 0.2) is 11.6 Å². The van der Waals surface area contributed by atoms with Crippen LogP contribution in [0.25, 0.3) is 32.9 Å². The third-order valence-electron chi connectivity index (χ3n) is 5.60. The van der Waals surface area contributed by atoms with Gasteiger partial charge >= 0.3 is 6.03 Å². The van der Waals surface area contributed by atoms with Crippen LogP contribution in [0, 0.1) is 11.6 Å². The monoisotopic (exact) mass is 474 g/mol. The summed E-state index contributed by atoms with van der Waals surface area (Å²) >= 11 is 0. The largest absolute Gasteiger partial charge is 0.338 e. The number of aromatic amines is 2. The summed E-state index contributed by atoms with van der Waals surface area (Å²) in [6.45, 7) is 2.25. The number of carbonyl (C=O) groups excluding carboxylic acids is 1. The summed E-state index contributed by atoms with van der Waals surface area (Å²) in [5.41, 5.74) is 2.31. The zero-order chi connectivity index (χ0) is 24.5. The molecule has 0 fully saturated rings. The Morgan fingerprint density at radius 2 is 1.86 bits per heavy atom. The number of H-pyrrole nitrogens is 2. The highest BCUT2D eigenvalue weighted by molar-refractivity contribution is 5.91. The van der Waals surface area contributed by atoms with Crippen molar-refractivity contribution in [3.63, 3.8) is 0 Å². The Morgan fingerprint density at radius 1 is 1.06 bits per heavy atom. The maximum absolute atomic E-state index is 14.8. The number of urea groups is 1. The maximum atomic E-state index is 14.8. The fraction of sp³-hybridized carbons (Fsp3) is 0.120. The summed E-state index contributed by atoms with van der Waals surface area (Å²) in [6, 6.07) is 14.2. The minimum absolute atomic E-state index is 0.0665. The van der Waals surface area contributed by atoms with Gasteiger partial charge in [0.2, 0.25) is 5.95 Å². The lowest BCUT2D eigenvalue weighted by Gasteiger charge is -2.10. The van der Waals surface area contributed by atoms with E-state index in [0.717, 1.165) is 6.07 Å². The molecule has 0 radical (unpaired) electrons. The molecule has 35 heavy (non-hydrogen) atoms. The molecule has 0 aliphatic heterocycles. The van der Waals surface area contributed by atoms with Gasteiger partial charge in [0.05, 0.1) is 22.1 Å². The van der Waals surface area contributed by atoms with Crippen molar-refractivity contribution in [2.75, 3.05) is 11.9 Å². The highest BCUT2D eigenvalue weighted by Crippen LogP contribution is 2.30. The minimum Gasteiger partial charge on any atom is -0.338 e. The first-order valence-corrected chi connectivity index (χ1v) is 10.9. The number of imidazole rings is 1. The van der Waals surface area contributed by atoms with E-state index in [0.29, 0.717) is 45.2 Å². The van der Waals surface area contributed by atoms with E-state index >= 15 is 0 Å². The molecule has 5 rings (SSSR count). The maximum Gasteiger partial charge on any atom is 0.321 e. The van der Waals surface area contributed by atoms with E-state index in [-0.39, 0.29) is 23.5 Å². The van der Waals surface area contributed by atoms with E-state index in [2.05, 4.69) is 30.8 Å². The van der Waals surface area contributed by atoms with Gasteiger partial charge in [-0.25, -0.2) is 23.7 Å². The lowest BCUT2D eigenvalue weighted by molar-refractivity contribution is 0.252. The van der Waals surface area contributed by atoms with Crippen molar-refractivity contribution in [1.29, 1.82) is 0 Å². The predicted molar refractivity (Wildman–Crippen MR) is 129 cm³/mol. The lowest BCUT2D eigenvalue weighted by Crippen LogP contribution is -2.28. The second kappa shape index (κ2) is 8.98. The number of rotatable bonds is 5. The SMILES string of the molecule is CCNC(=O)Nc1nc2cc(-c3cc(Cc4n[nH]c(=O)c5ccccc45)cc(F)c3F)ccc2[nH]1. The number of amides is 2. The van der Waals surface area contributed by atoms with Crippen molar-refractivity contribution >= 4 is 33.8 Å². The van der Waals surface area contributed by atoms with Gasteiger partial charge in [-0.1, -0.05) is 24.3 Å². The molecular weight excluding hydrogens is 454 g/mol. The zero-order valence-electron chi connectivity index (χ0n) is 18.6. The fourth-order valence-corrected chi connectivity index (χ4v) is 4.00. The van der Waals surface area contributed by atoms with Crippen LogP contribution >= 0.6 is 0 Å². The summed E-state index contributed by atoms with van der Waals surface area (Å²) in [6.07, 6.45) is 0.187. The number of hydrogen-bond acceptors (Lipinski definition) is 4. The molecule has 2 aromatic heterocycles. The Balaban J connectivity index is 1.51. The Bertz CT molecular complexity index is 1640. The molecule has 4 N–H and O–H groups in total. The van der Waals surface area contributed by atoms with Gasteiger partial charge in [0, 0.05) is 23.9 Å². The van der Waals surface area contributed by atoms with Crippen molar-refractivity contribution in [1.82, 2.24) is 25.5 Å². The summed E-state index contributed by atoms with van der Waals surface area (Å²) < 4.78 is 29.5. The summed E-state index contributed by atoms with van der Waals surface area (Å²) in [4.78, 5) is 31.1. The molecule has 2 heterocycles. The molecule has 0 bridgehead atoms. The topological polar surface area (TPSA) is 116 Å². The quantitative estimate of drug-likeness (QED) is 0.301. The van der Waals surface area contributed by atoms with Crippen LogP contribution < -0.4 is 16.2 Å². The Labute approximate surface area is 197 Å². The molecular formula is C25H20F2N6O2. The first kappa shape index (κ1) is 22.2. The first-order valence-electron chi connectivity index (χ1n) is 10.9. The summed E-state index contributed by atoms with van der Waals surface area (Å²) in [7, 11) is 0. The van der Waals surface area contributed by atoms with Gasteiger partial charge in [-0.05, 0) is 48.4 Å². The van der Waals surface area contributed by atoms with Crippen LogP contribution in [0.4, 0.5) is 19.5 Å². The second-order valence-corrected chi connectivity index (χ2v) is 7.96. The molecule has 176 valence electrons. The highest BCUT2D eigenvalue weighted by Gasteiger charge is 2.16. The van der Waals surface area contributed by atoms with Crippen LogP contribution in [0.15, 0.2) is 59.4 Å². The van der Waals surface area contributed by atoms with Crippen molar-refractivity contribution in [2.45, 2.75) is 13.3 Å². The highest BCUT2D eigenvalue weighted by atomic mass is 19.2. The van der Waals surface area contributed by atoms with Crippen molar-refractivity contribution in [3.05, 3.63) is 87.8 Å². The third kappa shape index (κ3) is 4.33. The van der Waals surface area contributed by atoms with Crippen LogP contribution in [0.3, 0.4) is 0 Å². The van der Waals surface area contributed by atoms with Crippen molar-refractivity contribution < 1.29 is 13.6 Å². The van der Waals surface area contributed by atoms with Crippen LogP contribution in [0.2, 0.25) is 0 Å². The number of nitrogens with one attached hydrogen (secondary N) is 4. The zero-order valence-corrected chi connectivity index (χ0v) is 18.6. The van der Waals surface area contributed by atoms with Crippen LogP contribution in [0.5, 0.6) is 0 Å². The van der Waals surface area contributed by atoms with Gasteiger partial charge in [0.25, 0.3) is 5.56 Å². The number of benzene rings is 3. The summed E-state index contributed by atoms with van der Waals surface area (Å²) in [5.74, 6) is -1.74. The van der Waals surface area contributed by atoms with E-state index in [9.17, 15) is 18.4 Å². The van der Waals surface area contributed by atoms with E-state index in [1.54, 1.807) is 55.5 Å². The number of halogens is 2. The molecule has 0 unspecified atom stereocenters. The molecule has 0 atom stereocenters. The van der Waals surface area contributed by atoms with E-state index in [4.69, 9.17) is 0 Å². The van der Waals surface area contributed by atoms with E-state index < -0.39 is 17.7 Å². The normalized spacial score (nSPS) is 11.2. The molecule has 10 heteroatoms. The average molecular weight is 474 g/mol. The van der Waals surface area contributed by atoms with E-state index in [1.807, 2.05) is 0 Å². The number of nitrogens with zero attached hydrogens (tertiary/aromatic N) is 2. The third-order valence-corrected chi connectivity index (χ3v) is 5.60. The molecule has 5 aromatic rings. The van der Waals surface area contributed by atoms with Crippen LogP contribution in [-0.4, -0.2) is 32.7 Å². The number of hydrogen-bond donors (Lipinski definition) is 4. The standard InChI is InChI=1S/C25H20F2N6O2/c1-2-28-25(35)31-24-29-19-8-7-14(12-21(19)30-24)17-9-13(10-18(26)22(17)27)11-20-15-5-3-4-6-16(15)23(34)33-32-20/h3-10,12H,2,11H2,1H3,(H,33,34)(H3,28,29,30,31,35). The molecule has 0 saturated carbocycles. The number of fused-ring (bicyclic) bond motifs is 2. The van der Waals surface area contributed by atoms with Crippen molar-refractivity contribution in [3.8, 4) is 11.1 Å². The van der Waals surface area contributed by atoms with Gasteiger partial charge < -0.3 is 10.3 Å². The molecule has 0 spiro atoms. The average Bonchev–Trinajstić information content (AvgIpc) is 3.24.